The molecule has 0 N–H and O–H groups in total. The van der Waals surface area contributed by atoms with E-state index in [9.17, 15) is 4.39 Å². The molecule has 0 aliphatic carbocycles. The average molecular weight is 307 g/mol. The molecule has 0 radical (unpaired) electrons. The van der Waals surface area contributed by atoms with Gasteiger partial charge in [0.25, 0.3) is 0 Å². The molecule has 112 valence electrons. The van der Waals surface area contributed by atoms with Gasteiger partial charge in [-0.2, -0.15) is 0 Å². The molecule has 0 fully saturated rings. The van der Waals surface area contributed by atoms with Crippen LogP contribution in [-0.4, -0.2) is 9.97 Å². The van der Waals surface area contributed by atoms with Crippen molar-refractivity contribution in [2.45, 2.75) is 45.4 Å². The molecule has 1 heterocycles. The van der Waals surface area contributed by atoms with Gasteiger partial charge in [0.2, 0.25) is 0 Å². The summed E-state index contributed by atoms with van der Waals surface area (Å²) in [5.41, 5.74) is 1.29. The summed E-state index contributed by atoms with van der Waals surface area (Å²) in [6.07, 6.45) is 0. The van der Waals surface area contributed by atoms with E-state index in [0.717, 1.165) is 11.3 Å². The maximum atomic E-state index is 13.1. The van der Waals surface area contributed by atoms with Gasteiger partial charge in [0, 0.05) is 10.8 Å². The number of nitrogens with zero attached hydrogens (tertiary/aromatic N) is 2. The van der Waals surface area contributed by atoms with Gasteiger partial charge in [-0.3, -0.25) is 0 Å². The van der Waals surface area contributed by atoms with E-state index >= 15 is 0 Å². The smallest absolute Gasteiger partial charge is 0.140 e. The van der Waals surface area contributed by atoms with Crippen molar-refractivity contribution in [1.82, 2.24) is 9.97 Å². The minimum atomic E-state index is -0.446. The van der Waals surface area contributed by atoms with Gasteiger partial charge in [0.1, 0.15) is 16.8 Å². The molecular formula is C17H20ClFN2. The van der Waals surface area contributed by atoms with Gasteiger partial charge in [-0.15, -0.1) is 0 Å². The highest BCUT2D eigenvalue weighted by atomic mass is 35.5. The molecule has 1 aromatic heterocycles. The Morgan fingerprint density at radius 2 is 1.52 bits per heavy atom. The molecule has 0 amide bonds. The van der Waals surface area contributed by atoms with E-state index in [1.807, 2.05) is 13.8 Å². The van der Waals surface area contributed by atoms with Crippen molar-refractivity contribution in [2.75, 3.05) is 0 Å². The molecule has 2 rings (SSSR count). The average Bonchev–Trinajstić information content (AvgIpc) is 2.37. The molecule has 0 bridgehead atoms. The van der Waals surface area contributed by atoms with Crippen molar-refractivity contribution in [3.05, 3.63) is 58.4 Å². The molecule has 0 spiro atoms. The van der Waals surface area contributed by atoms with Crippen LogP contribution >= 0.6 is 11.6 Å². The lowest BCUT2D eigenvalue weighted by Crippen LogP contribution is -2.25. The summed E-state index contributed by atoms with van der Waals surface area (Å²) < 4.78 is 13.1. The van der Waals surface area contributed by atoms with Crippen molar-refractivity contribution in [3.8, 4) is 0 Å². The highest BCUT2D eigenvalue weighted by Gasteiger charge is 2.29. The Morgan fingerprint density at radius 1 is 0.952 bits per heavy atom. The Balaban J connectivity index is 2.54. The predicted molar refractivity (Wildman–Crippen MR) is 84.3 cm³/mol. The van der Waals surface area contributed by atoms with E-state index < -0.39 is 5.41 Å². The Morgan fingerprint density at radius 3 is 2.05 bits per heavy atom. The van der Waals surface area contributed by atoms with Crippen molar-refractivity contribution >= 4 is 11.6 Å². The van der Waals surface area contributed by atoms with Crippen LogP contribution in [0.2, 0.25) is 5.15 Å². The molecule has 0 aliphatic heterocycles. The molecule has 1 aromatic carbocycles. The van der Waals surface area contributed by atoms with Crippen molar-refractivity contribution in [3.63, 3.8) is 0 Å². The summed E-state index contributed by atoms with van der Waals surface area (Å²) in [4.78, 5) is 9.06. The van der Waals surface area contributed by atoms with Gasteiger partial charge < -0.3 is 0 Å². The van der Waals surface area contributed by atoms with E-state index in [1.54, 1.807) is 18.2 Å². The fraction of sp³-hybridized carbons (Fsp3) is 0.412. The minimum Gasteiger partial charge on any atom is -0.236 e. The minimum absolute atomic E-state index is 0.111. The SMILES string of the molecule is CC(C)(C)c1cc(Cl)nc(C(C)(C)c2ccc(F)cc2)n1. The van der Waals surface area contributed by atoms with E-state index in [4.69, 9.17) is 11.6 Å². The second-order valence-electron chi connectivity index (χ2n) is 6.78. The van der Waals surface area contributed by atoms with Crippen molar-refractivity contribution < 1.29 is 4.39 Å². The fourth-order valence-electron chi connectivity index (χ4n) is 2.08. The van der Waals surface area contributed by atoms with Crippen LogP contribution in [0.15, 0.2) is 30.3 Å². The highest BCUT2D eigenvalue weighted by Crippen LogP contribution is 2.32. The number of hydrogen-bond donors (Lipinski definition) is 0. The number of hydrogen-bond acceptors (Lipinski definition) is 2. The lowest BCUT2D eigenvalue weighted by atomic mass is 9.83. The highest BCUT2D eigenvalue weighted by molar-refractivity contribution is 6.29. The van der Waals surface area contributed by atoms with Gasteiger partial charge in [0.15, 0.2) is 0 Å². The predicted octanol–water partition coefficient (Wildman–Crippen LogP) is 4.89. The third-order valence-electron chi connectivity index (χ3n) is 3.59. The summed E-state index contributed by atoms with van der Waals surface area (Å²) in [6, 6.07) is 8.22. The van der Waals surface area contributed by atoms with Gasteiger partial charge in [0.05, 0.1) is 5.69 Å². The molecule has 0 saturated heterocycles. The molecule has 0 saturated carbocycles. The lowest BCUT2D eigenvalue weighted by Gasteiger charge is -2.26. The van der Waals surface area contributed by atoms with Crippen LogP contribution < -0.4 is 0 Å². The largest absolute Gasteiger partial charge is 0.236 e. The Kier molecular flexibility index (Phi) is 4.07. The van der Waals surface area contributed by atoms with Crippen LogP contribution in [0.1, 0.15) is 51.7 Å². The topological polar surface area (TPSA) is 25.8 Å². The van der Waals surface area contributed by atoms with E-state index in [2.05, 4.69) is 30.7 Å². The quantitative estimate of drug-likeness (QED) is 0.738. The van der Waals surface area contributed by atoms with Gasteiger partial charge in [-0.25, -0.2) is 14.4 Å². The van der Waals surface area contributed by atoms with Gasteiger partial charge >= 0.3 is 0 Å². The van der Waals surface area contributed by atoms with Crippen molar-refractivity contribution in [1.29, 1.82) is 0 Å². The number of aromatic nitrogens is 2. The summed E-state index contributed by atoms with van der Waals surface area (Å²) in [5.74, 6) is 0.392. The second kappa shape index (κ2) is 5.38. The van der Waals surface area contributed by atoms with Crippen LogP contribution in [0.4, 0.5) is 4.39 Å². The fourth-order valence-corrected chi connectivity index (χ4v) is 2.26. The molecule has 4 heteroatoms. The number of rotatable bonds is 2. The van der Waals surface area contributed by atoms with Crippen LogP contribution in [-0.2, 0) is 10.8 Å². The second-order valence-corrected chi connectivity index (χ2v) is 7.17. The van der Waals surface area contributed by atoms with Crippen LogP contribution in [0.3, 0.4) is 0 Å². The standard InChI is InChI=1S/C17H20ClFN2/c1-16(2,3)13-10-14(18)21-15(20-13)17(4,5)11-6-8-12(19)9-7-11/h6-10H,1-5H3. The van der Waals surface area contributed by atoms with E-state index in [-0.39, 0.29) is 11.2 Å². The Hall–Kier alpha value is -1.48. The van der Waals surface area contributed by atoms with Crippen molar-refractivity contribution in [2.24, 2.45) is 0 Å². The van der Waals surface area contributed by atoms with E-state index in [1.165, 1.54) is 12.1 Å². The zero-order valence-electron chi connectivity index (χ0n) is 13.0. The molecule has 2 aromatic rings. The maximum absolute atomic E-state index is 13.1. The first-order chi connectivity index (χ1) is 9.60. The monoisotopic (exact) mass is 306 g/mol. The third kappa shape index (κ3) is 3.41. The summed E-state index contributed by atoms with van der Waals surface area (Å²) in [5, 5.41) is 0.431. The molecular weight excluding hydrogens is 287 g/mol. The zero-order valence-corrected chi connectivity index (χ0v) is 13.8. The van der Waals surface area contributed by atoms with Gasteiger partial charge in [-0.1, -0.05) is 44.5 Å². The Bertz CT molecular complexity index is 643. The third-order valence-corrected chi connectivity index (χ3v) is 3.78. The zero-order chi connectivity index (χ0) is 15.8. The lowest BCUT2D eigenvalue weighted by molar-refractivity contribution is 0.533. The maximum Gasteiger partial charge on any atom is 0.140 e. The molecule has 0 atom stereocenters. The first kappa shape index (κ1) is 15.9. The molecule has 2 nitrogen and oxygen atoms in total. The first-order valence-electron chi connectivity index (χ1n) is 6.92. The summed E-state index contributed by atoms with van der Waals surface area (Å²) >= 11 is 6.16. The molecule has 0 unspecified atom stereocenters. The first-order valence-corrected chi connectivity index (χ1v) is 7.30. The van der Waals surface area contributed by atoms with Gasteiger partial charge in [-0.05, 0) is 37.6 Å². The van der Waals surface area contributed by atoms with Crippen LogP contribution in [0.5, 0.6) is 0 Å². The molecule has 21 heavy (non-hydrogen) atoms. The number of benzene rings is 1. The summed E-state index contributed by atoms with van der Waals surface area (Å²) in [6.45, 7) is 10.3. The number of halogens is 2. The summed E-state index contributed by atoms with van der Waals surface area (Å²) in [7, 11) is 0. The molecule has 0 aliphatic rings. The Labute approximate surface area is 130 Å². The van der Waals surface area contributed by atoms with Crippen LogP contribution in [0, 0.1) is 5.82 Å². The van der Waals surface area contributed by atoms with E-state index in [0.29, 0.717) is 11.0 Å². The van der Waals surface area contributed by atoms with Crippen LogP contribution in [0.25, 0.3) is 0 Å². The normalized spacial score (nSPS) is 12.5.